The highest BCUT2D eigenvalue weighted by atomic mass is 32.2. The highest BCUT2D eigenvalue weighted by Crippen LogP contribution is 2.20. The molecule has 0 spiro atoms. The zero-order valence-electron chi connectivity index (χ0n) is 20.1. The van der Waals surface area contributed by atoms with Crippen molar-refractivity contribution in [2.45, 2.75) is 52.6 Å². The maximum Gasteiger partial charge on any atom is 0.244 e. The molecule has 0 heterocycles. The van der Waals surface area contributed by atoms with Gasteiger partial charge in [0, 0.05) is 12.6 Å². The minimum absolute atomic E-state index is 0.0718. The number of nitrogens with one attached hydrogen (secondary N) is 1. The molecule has 2 amide bonds. The van der Waals surface area contributed by atoms with Crippen LogP contribution >= 0.6 is 0 Å². The first kappa shape index (κ1) is 26.4. The standard InChI is InChI=1S/C25H35N3O4S/c1-6-23(25(30)26-19(2)3)27(16-15-21-12-8-7-9-13-21)24(29)18-28(33(5,31)32)22-14-10-11-20(4)17-22/h7-14,17,19,23H,6,15-16,18H2,1-5H3,(H,26,30)/t23-/m0/s1. The van der Waals surface area contributed by atoms with Gasteiger partial charge in [-0.1, -0.05) is 49.4 Å². The third-order valence-corrected chi connectivity index (χ3v) is 6.41. The second-order valence-electron chi connectivity index (χ2n) is 8.52. The molecule has 180 valence electrons. The largest absolute Gasteiger partial charge is 0.352 e. The number of benzene rings is 2. The number of amides is 2. The predicted octanol–water partition coefficient (Wildman–Crippen LogP) is 3.14. The van der Waals surface area contributed by atoms with Crippen molar-refractivity contribution >= 4 is 27.5 Å². The summed E-state index contributed by atoms with van der Waals surface area (Å²) in [5.41, 5.74) is 2.35. The van der Waals surface area contributed by atoms with Gasteiger partial charge in [-0.3, -0.25) is 13.9 Å². The lowest BCUT2D eigenvalue weighted by atomic mass is 10.1. The molecule has 2 aromatic rings. The van der Waals surface area contributed by atoms with Crippen LogP contribution in [0.5, 0.6) is 0 Å². The zero-order valence-corrected chi connectivity index (χ0v) is 20.9. The molecule has 1 atom stereocenters. The van der Waals surface area contributed by atoms with E-state index in [2.05, 4.69) is 5.32 Å². The van der Waals surface area contributed by atoms with E-state index in [0.717, 1.165) is 21.7 Å². The lowest BCUT2D eigenvalue weighted by Crippen LogP contribution is -2.54. The Morgan fingerprint density at radius 3 is 2.24 bits per heavy atom. The molecule has 0 aliphatic carbocycles. The smallest absolute Gasteiger partial charge is 0.244 e. The number of sulfonamides is 1. The van der Waals surface area contributed by atoms with Crippen molar-refractivity contribution in [3.05, 3.63) is 65.7 Å². The quantitative estimate of drug-likeness (QED) is 0.543. The van der Waals surface area contributed by atoms with Crippen molar-refractivity contribution in [3.63, 3.8) is 0 Å². The summed E-state index contributed by atoms with van der Waals surface area (Å²) in [6.07, 6.45) is 2.06. The second-order valence-corrected chi connectivity index (χ2v) is 10.4. The topological polar surface area (TPSA) is 86.8 Å². The molecule has 2 aromatic carbocycles. The summed E-state index contributed by atoms with van der Waals surface area (Å²) in [7, 11) is -3.72. The number of aryl methyl sites for hydroxylation is 1. The summed E-state index contributed by atoms with van der Waals surface area (Å²) in [6.45, 7) is 7.37. The number of nitrogens with zero attached hydrogens (tertiary/aromatic N) is 2. The van der Waals surface area contributed by atoms with E-state index in [1.54, 1.807) is 18.2 Å². The van der Waals surface area contributed by atoms with Gasteiger partial charge < -0.3 is 10.2 Å². The van der Waals surface area contributed by atoms with Crippen LogP contribution in [-0.2, 0) is 26.0 Å². The van der Waals surface area contributed by atoms with Gasteiger partial charge in [0.1, 0.15) is 12.6 Å². The fourth-order valence-electron chi connectivity index (χ4n) is 3.67. The fourth-order valence-corrected chi connectivity index (χ4v) is 4.51. The fraction of sp³-hybridized carbons (Fsp3) is 0.440. The average Bonchev–Trinajstić information content (AvgIpc) is 2.74. The van der Waals surface area contributed by atoms with Gasteiger partial charge in [0.15, 0.2) is 0 Å². The van der Waals surface area contributed by atoms with Crippen molar-refractivity contribution in [1.82, 2.24) is 10.2 Å². The monoisotopic (exact) mass is 473 g/mol. The first-order chi connectivity index (χ1) is 15.5. The predicted molar refractivity (Wildman–Crippen MR) is 133 cm³/mol. The van der Waals surface area contributed by atoms with Crippen molar-refractivity contribution in [2.75, 3.05) is 23.7 Å². The van der Waals surface area contributed by atoms with Gasteiger partial charge in [0.25, 0.3) is 0 Å². The molecule has 8 heteroatoms. The number of anilines is 1. The Morgan fingerprint density at radius 1 is 1.03 bits per heavy atom. The van der Waals surface area contributed by atoms with Gasteiger partial charge in [-0.2, -0.15) is 0 Å². The Labute approximate surface area is 197 Å². The van der Waals surface area contributed by atoms with Crippen LogP contribution in [-0.4, -0.2) is 56.6 Å². The summed E-state index contributed by atoms with van der Waals surface area (Å²) in [5.74, 6) is -0.654. The molecule has 1 N–H and O–H groups in total. The number of carbonyl (C=O) groups excluding carboxylic acids is 2. The molecule has 0 unspecified atom stereocenters. The van der Waals surface area contributed by atoms with Crippen LogP contribution in [0, 0.1) is 6.92 Å². The highest BCUT2D eigenvalue weighted by molar-refractivity contribution is 7.92. The molecule has 33 heavy (non-hydrogen) atoms. The SMILES string of the molecule is CC[C@@H](C(=O)NC(C)C)N(CCc1ccccc1)C(=O)CN(c1cccc(C)c1)S(C)(=O)=O. The van der Waals surface area contributed by atoms with Crippen LogP contribution in [0.2, 0.25) is 0 Å². The molecule has 7 nitrogen and oxygen atoms in total. The van der Waals surface area contributed by atoms with E-state index < -0.39 is 22.0 Å². The Kier molecular flexibility index (Phi) is 9.46. The molecule has 0 aliphatic rings. The molecule has 0 bridgehead atoms. The summed E-state index contributed by atoms with van der Waals surface area (Å²) in [4.78, 5) is 27.9. The van der Waals surface area contributed by atoms with Crippen LogP contribution in [0.15, 0.2) is 54.6 Å². The molecule has 2 rings (SSSR count). The Balaban J connectivity index is 2.36. The maximum absolute atomic E-state index is 13.5. The van der Waals surface area contributed by atoms with Crippen LogP contribution in [0.25, 0.3) is 0 Å². The van der Waals surface area contributed by atoms with Gasteiger partial charge in [-0.25, -0.2) is 8.42 Å². The Morgan fingerprint density at radius 2 is 1.70 bits per heavy atom. The first-order valence-corrected chi connectivity index (χ1v) is 13.1. The molecule has 0 saturated carbocycles. The van der Waals surface area contributed by atoms with Gasteiger partial charge in [0.05, 0.1) is 11.9 Å². The van der Waals surface area contributed by atoms with E-state index in [0.29, 0.717) is 25.1 Å². The third kappa shape index (κ3) is 7.89. The van der Waals surface area contributed by atoms with E-state index in [-0.39, 0.29) is 18.5 Å². The van der Waals surface area contributed by atoms with Crippen molar-refractivity contribution in [2.24, 2.45) is 0 Å². The number of rotatable bonds is 11. The van der Waals surface area contributed by atoms with E-state index in [1.165, 1.54) is 4.90 Å². The summed E-state index contributed by atoms with van der Waals surface area (Å²) in [5, 5.41) is 2.89. The molecule has 0 saturated heterocycles. The van der Waals surface area contributed by atoms with Crippen LogP contribution in [0.3, 0.4) is 0 Å². The maximum atomic E-state index is 13.5. The van der Waals surface area contributed by atoms with Gasteiger partial charge >= 0.3 is 0 Å². The first-order valence-electron chi connectivity index (χ1n) is 11.2. The lowest BCUT2D eigenvalue weighted by Gasteiger charge is -2.33. The third-order valence-electron chi connectivity index (χ3n) is 5.27. The zero-order chi connectivity index (χ0) is 24.6. The number of hydrogen-bond donors (Lipinski definition) is 1. The lowest BCUT2D eigenvalue weighted by molar-refractivity contribution is -0.139. The van der Waals surface area contributed by atoms with Crippen LogP contribution in [0.1, 0.15) is 38.3 Å². The van der Waals surface area contributed by atoms with E-state index in [4.69, 9.17) is 0 Å². The minimum atomic E-state index is -3.72. The molecular weight excluding hydrogens is 438 g/mol. The molecular formula is C25H35N3O4S. The minimum Gasteiger partial charge on any atom is -0.352 e. The molecule has 0 aliphatic heterocycles. The summed E-state index contributed by atoms with van der Waals surface area (Å²) >= 11 is 0. The van der Waals surface area contributed by atoms with Crippen LogP contribution in [0.4, 0.5) is 5.69 Å². The van der Waals surface area contributed by atoms with Gasteiger partial charge in [-0.15, -0.1) is 0 Å². The highest BCUT2D eigenvalue weighted by Gasteiger charge is 2.31. The Bertz CT molecular complexity index is 1040. The Hall–Kier alpha value is -2.87. The summed E-state index contributed by atoms with van der Waals surface area (Å²) < 4.78 is 26.3. The van der Waals surface area contributed by atoms with Crippen molar-refractivity contribution in [3.8, 4) is 0 Å². The van der Waals surface area contributed by atoms with E-state index >= 15 is 0 Å². The van der Waals surface area contributed by atoms with Crippen LogP contribution < -0.4 is 9.62 Å². The van der Waals surface area contributed by atoms with Crippen molar-refractivity contribution < 1.29 is 18.0 Å². The second kappa shape index (κ2) is 11.8. The average molecular weight is 474 g/mol. The van der Waals surface area contributed by atoms with Gasteiger partial charge in [-0.05, 0) is 56.9 Å². The normalized spacial score (nSPS) is 12.3. The molecule has 0 fully saturated rings. The van der Waals surface area contributed by atoms with E-state index in [9.17, 15) is 18.0 Å². The molecule has 0 aromatic heterocycles. The summed E-state index contributed by atoms with van der Waals surface area (Å²) in [6, 6.07) is 15.9. The van der Waals surface area contributed by atoms with Crippen molar-refractivity contribution in [1.29, 1.82) is 0 Å². The number of hydrogen-bond acceptors (Lipinski definition) is 4. The van der Waals surface area contributed by atoms with Gasteiger partial charge in [0.2, 0.25) is 21.8 Å². The number of carbonyl (C=O) groups is 2. The van der Waals surface area contributed by atoms with E-state index in [1.807, 2.05) is 64.1 Å². The molecule has 0 radical (unpaired) electrons.